The molecule has 84 valence electrons. The molecule has 0 spiro atoms. The summed E-state index contributed by atoms with van der Waals surface area (Å²) >= 11 is 6.36. The molecule has 3 aromatic heterocycles. The van der Waals surface area contributed by atoms with Crippen LogP contribution in [-0.2, 0) is 0 Å². The van der Waals surface area contributed by atoms with Crippen LogP contribution in [0.5, 0.6) is 0 Å². The Balaban J connectivity index is 2.19. The van der Waals surface area contributed by atoms with E-state index in [4.69, 9.17) is 18.0 Å². The first-order valence-electron chi connectivity index (χ1n) is 4.66. The third-order valence-corrected chi connectivity index (χ3v) is 3.17. The summed E-state index contributed by atoms with van der Waals surface area (Å²) in [5.41, 5.74) is 5.46. The van der Waals surface area contributed by atoms with Gasteiger partial charge in [0.1, 0.15) is 22.5 Å². The fourth-order valence-corrected chi connectivity index (χ4v) is 2.26. The zero-order valence-electron chi connectivity index (χ0n) is 8.44. The van der Waals surface area contributed by atoms with Crippen molar-refractivity contribution < 1.29 is 0 Å². The quantitative estimate of drug-likeness (QED) is 0.691. The average molecular weight is 262 g/mol. The third-order valence-electron chi connectivity index (χ3n) is 2.17. The Hall–Kier alpha value is -1.93. The number of thiophene rings is 1. The predicted molar refractivity (Wildman–Crippen MR) is 68.2 cm³/mol. The Morgan fingerprint density at radius 2 is 2.24 bits per heavy atom. The summed E-state index contributed by atoms with van der Waals surface area (Å²) in [5.74, 6) is 1.01. The summed E-state index contributed by atoms with van der Waals surface area (Å²) in [6.45, 7) is 0. The van der Waals surface area contributed by atoms with Crippen LogP contribution in [0.1, 0.15) is 5.82 Å². The van der Waals surface area contributed by atoms with Crippen molar-refractivity contribution in [3.05, 3.63) is 29.9 Å². The third kappa shape index (κ3) is 1.67. The Labute approximate surface area is 105 Å². The van der Waals surface area contributed by atoms with Gasteiger partial charge in [0.25, 0.3) is 0 Å². The van der Waals surface area contributed by atoms with Crippen molar-refractivity contribution in [2.75, 3.05) is 0 Å². The van der Waals surface area contributed by atoms with E-state index in [2.05, 4.69) is 20.1 Å². The Morgan fingerprint density at radius 3 is 3.00 bits per heavy atom. The fourth-order valence-electron chi connectivity index (χ4n) is 1.44. The van der Waals surface area contributed by atoms with E-state index in [1.807, 2.05) is 11.4 Å². The molecule has 8 heteroatoms. The molecule has 0 fully saturated rings. The van der Waals surface area contributed by atoms with Crippen LogP contribution in [0.25, 0.3) is 16.0 Å². The van der Waals surface area contributed by atoms with E-state index in [-0.39, 0.29) is 4.99 Å². The zero-order valence-corrected chi connectivity index (χ0v) is 10.1. The van der Waals surface area contributed by atoms with Gasteiger partial charge in [-0.05, 0) is 11.4 Å². The van der Waals surface area contributed by atoms with E-state index >= 15 is 0 Å². The summed E-state index contributed by atoms with van der Waals surface area (Å²) < 4.78 is 1.55. The lowest BCUT2D eigenvalue weighted by Crippen LogP contribution is -2.12. The van der Waals surface area contributed by atoms with Gasteiger partial charge in [0.2, 0.25) is 5.82 Å². The summed E-state index contributed by atoms with van der Waals surface area (Å²) in [5, 5.41) is 7.04. The molecule has 6 nitrogen and oxygen atoms in total. The zero-order chi connectivity index (χ0) is 11.8. The molecule has 0 aliphatic carbocycles. The molecule has 3 heterocycles. The molecule has 0 aromatic carbocycles. The highest BCUT2D eigenvalue weighted by Crippen LogP contribution is 2.22. The topological polar surface area (TPSA) is 82.5 Å². The predicted octanol–water partition coefficient (Wildman–Crippen LogP) is 0.906. The Morgan fingerprint density at radius 1 is 1.35 bits per heavy atom. The van der Waals surface area contributed by atoms with Crippen LogP contribution in [0.15, 0.2) is 24.1 Å². The minimum atomic E-state index is 0.166. The Kier molecular flexibility index (Phi) is 2.30. The van der Waals surface area contributed by atoms with Crippen molar-refractivity contribution in [3.63, 3.8) is 0 Å². The number of nitrogens with two attached hydrogens (primary N) is 1. The maximum atomic E-state index is 5.46. The molecule has 0 saturated carbocycles. The monoisotopic (exact) mass is 262 g/mol. The largest absolute Gasteiger partial charge is 0.387 e. The number of rotatable bonds is 2. The molecule has 3 aromatic rings. The first kappa shape index (κ1) is 10.2. The van der Waals surface area contributed by atoms with Crippen LogP contribution in [0.3, 0.4) is 0 Å². The molecule has 0 aliphatic rings. The van der Waals surface area contributed by atoms with E-state index < -0.39 is 0 Å². The molecule has 2 N–H and O–H groups in total. The second kappa shape index (κ2) is 3.82. The number of nitrogens with zero attached hydrogens (tertiary/aromatic N) is 5. The number of hydrogen-bond donors (Lipinski definition) is 1. The minimum absolute atomic E-state index is 0.166. The second-order valence-electron chi connectivity index (χ2n) is 3.21. The van der Waals surface area contributed by atoms with E-state index in [1.165, 1.54) is 12.7 Å². The highest BCUT2D eigenvalue weighted by Gasteiger charge is 2.10. The standard InChI is InChI=1S/C9H6N6S2/c10-6(16)7-13-4-15(14-7)8-5-1-2-17-9(5)12-3-11-8/h1-4H,(H2,10,16). The van der Waals surface area contributed by atoms with Crippen LogP contribution in [0, 0.1) is 0 Å². The van der Waals surface area contributed by atoms with E-state index in [9.17, 15) is 0 Å². The lowest BCUT2D eigenvalue weighted by Gasteiger charge is -1.99. The maximum absolute atomic E-state index is 5.46. The maximum Gasteiger partial charge on any atom is 0.208 e. The molecule has 0 saturated heterocycles. The Bertz CT molecular complexity index is 700. The van der Waals surface area contributed by atoms with Gasteiger partial charge in [0.05, 0.1) is 5.39 Å². The van der Waals surface area contributed by atoms with Gasteiger partial charge in [-0.3, -0.25) is 0 Å². The molecule has 0 unspecified atom stereocenters. The lowest BCUT2D eigenvalue weighted by molar-refractivity contribution is 0.847. The van der Waals surface area contributed by atoms with Gasteiger partial charge < -0.3 is 5.73 Å². The highest BCUT2D eigenvalue weighted by molar-refractivity contribution is 7.80. The van der Waals surface area contributed by atoms with Gasteiger partial charge in [0, 0.05) is 0 Å². The molecule has 0 bridgehead atoms. The van der Waals surface area contributed by atoms with Gasteiger partial charge in [-0.15, -0.1) is 16.4 Å². The lowest BCUT2D eigenvalue weighted by atomic mass is 10.4. The van der Waals surface area contributed by atoms with Gasteiger partial charge >= 0.3 is 0 Å². The van der Waals surface area contributed by atoms with E-state index in [1.54, 1.807) is 16.0 Å². The van der Waals surface area contributed by atoms with Crippen molar-refractivity contribution in [2.45, 2.75) is 0 Å². The van der Waals surface area contributed by atoms with E-state index in [0.717, 1.165) is 10.2 Å². The van der Waals surface area contributed by atoms with Crippen LogP contribution < -0.4 is 5.73 Å². The molecule has 3 rings (SSSR count). The van der Waals surface area contributed by atoms with Gasteiger partial charge in [-0.1, -0.05) is 12.2 Å². The van der Waals surface area contributed by atoms with Gasteiger partial charge in [-0.25, -0.2) is 19.6 Å². The summed E-state index contributed by atoms with van der Waals surface area (Å²) in [6.07, 6.45) is 3.03. The molecular weight excluding hydrogens is 256 g/mol. The fraction of sp³-hybridized carbons (Fsp3) is 0. The smallest absolute Gasteiger partial charge is 0.208 e. The minimum Gasteiger partial charge on any atom is -0.387 e. The first-order valence-corrected chi connectivity index (χ1v) is 5.94. The number of aromatic nitrogens is 5. The summed E-state index contributed by atoms with van der Waals surface area (Å²) in [7, 11) is 0. The van der Waals surface area contributed by atoms with Gasteiger partial charge in [-0.2, -0.15) is 0 Å². The second-order valence-corrected chi connectivity index (χ2v) is 4.55. The van der Waals surface area contributed by atoms with Crippen molar-refractivity contribution in [3.8, 4) is 5.82 Å². The van der Waals surface area contributed by atoms with Crippen LogP contribution in [0.2, 0.25) is 0 Å². The SMILES string of the molecule is NC(=S)c1ncn(-c2ncnc3sccc23)n1. The van der Waals surface area contributed by atoms with Crippen LogP contribution >= 0.6 is 23.6 Å². The summed E-state index contributed by atoms with van der Waals surface area (Å²) in [6, 6.07) is 1.94. The molecule has 0 amide bonds. The van der Waals surface area contributed by atoms with Crippen LogP contribution in [0.4, 0.5) is 0 Å². The molecular formula is C9H6N6S2. The molecule has 0 aliphatic heterocycles. The van der Waals surface area contributed by atoms with E-state index in [0.29, 0.717) is 11.6 Å². The number of thiocarbonyl (C=S) groups is 1. The van der Waals surface area contributed by atoms with Crippen molar-refractivity contribution >= 4 is 38.8 Å². The van der Waals surface area contributed by atoms with Crippen molar-refractivity contribution in [1.82, 2.24) is 24.7 Å². The molecule has 0 radical (unpaired) electrons. The van der Waals surface area contributed by atoms with Crippen molar-refractivity contribution in [1.29, 1.82) is 0 Å². The van der Waals surface area contributed by atoms with Gasteiger partial charge in [0.15, 0.2) is 5.82 Å². The average Bonchev–Trinajstić information content (AvgIpc) is 2.97. The highest BCUT2D eigenvalue weighted by atomic mass is 32.1. The normalized spacial score (nSPS) is 10.8. The number of fused-ring (bicyclic) bond motifs is 1. The molecule has 17 heavy (non-hydrogen) atoms. The van der Waals surface area contributed by atoms with Crippen LogP contribution in [-0.4, -0.2) is 29.7 Å². The first-order chi connectivity index (χ1) is 8.25. The summed E-state index contributed by atoms with van der Waals surface area (Å²) in [4.78, 5) is 13.4. The van der Waals surface area contributed by atoms with Crippen molar-refractivity contribution in [2.24, 2.45) is 5.73 Å². The molecule has 0 atom stereocenters. The number of hydrogen-bond acceptors (Lipinski definition) is 6.